The van der Waals surface area contributed by atoms with Crippen LogP contribution in [0.1, 0.15) is 34.0 Å². The number of halogens is 1. The fourth-order valence-corrected chi connectivity index (χ4v) is 3.08. The number of nitrogens with one attached hydrogen (secondary N) is 1. The summed E-state index contributed by atoms with van der Waals surface area (Å²) in [5.41, 5.74) is 1.80. The topological polar surface area (TPSA) is 126 Å². The van der Waals surface area contributed by atoms with E-state index in [2.05, 4.69) is 20.6 Å². The number of carbonyl (C=O) groups is 1. The van der Waals surface area contributed by atoms with Gasteiger partial charge in [-0.2, -0.15) is 15.3 Å². The molecule has 0 unspecified atom stereocenters. The first kappa shape index (κ1) is 20.5. The second kappa shape index (κ2) is 8.43. The van der Waals surface area contributed by atoms with E-state index >= 15 is 0 Å². The Bertz CT molecular complexity index is 1030. The summed E-state index contributed by atoms with van der Waals surface area (Å²) in [6, 6.07) is 1.59. The highest BCUT2D eigenvalue weighted by molar-refractivity contribution is 6.31. The first-order valence-electron chi connectivity index (χ1n) is 8.96. The Labute approximate surface area is 171 Å². The molecule has 3 aromatic rings. The lowest BCUT2D eigenvalue weighted by molar-refractivity contribution is -0.386. The first-order valence-corrected chi connectivity index (χ1v) is 9.33. The van der Waals surface area contributed by atoms with Gasteiger partial charge >= 0.3 is 5.69 Å². The van der Waals surface area contributed by atoms with E-state index < -0.39 is 4.92 Å². The minimum absolute atomic E-state index is 0.0104. The van der Waals surface area contributed by atoms with Gasteiger partial charge in [0.1, 0.15) is 23.8 Å². The fourth-order valence-electron chi connectivity index (χ4n) is 2.93. The average Bonchev–Trinajstić information content (AvgIpc) is 3.31. The minimum atomic E-state index is -0.450. The molecule has 0 atom stereocenters. The van der Waals surface area contributed by atoms with Crippen LogP contribution in [0.5, 0.6) is 0 Å². The molecule has 0 aliphatic rings. The molecule has 154 valence electrons. The van der Waals surface area contributed by atoms with Crippen LogP contribution in [0.3, 0.4) is 0 Å². The van der Waals surface area contributed by atoms with Crippen LogP contribution in [0.4, 0.5) is 5.69 Å². The summed E-state index contributed by atoms with van der Waals surface area (Å²) in [5, 5.41) is 27.2. The van der Waals surface area contributed by atoms with E-state index in [1.54, 1.807) is 37.0 Å². The summed E-state index contributed by atoms with van der Waals surface area (Å²) in [4.78, 5) is 22.9. The molecule has 3 rings (SSSR count). The molecular formula is C17H21ClN8O3. The lowest BCUT2D eigenvalue weighted by Gasteiger charge is -2.05. The fraction of sp³-hybridized carbons (Fsp3) is 0.412. The van der Waals surface area contributed by atoms with Gasteiger partial charge < -0.3 is 5.32 Å². The van der Waals surface area contributed by atoms with Crippen molar-refractivity contribution in [2.24, 2.45) is 0 Å². The van der Waals surface area contributed by atoms with E-state index in [1.807, 2.05) is 6.92 Å². The maximum absolute atomic E-state index is 12.3. The second-order valence-corrected chi connectivity index (χ2v) is 7.00. The molecule has 0 aromatic carbocycles. The average molecular weight is 421 g/mol. The Kier molecular flexibility index (Phi) is 5.97. The zero-order valence-electron chi connectivity index (χ0n) is 16.3. The molecule has 0 aliphatic carbocycles. The van der Waals surface area contributed by atoms with Crippen LogP contribution < -0.4 is 5.32 Å². The molecule has 0 saturated heterocycles. The summed E-state index contributed by atoms with van der Waals surface area (Å²) < 4.78 is 4.73. The predicted octanol–water partition coefficient (Wildman–Crippen LogP) is 2.09. The lowest BCUT2D eigenvalue weighted by Crippen LogP contribution is -2.26. The van der Waals surface area contributed by atoms with E-state index in [1.165, 1.54) is 9.36 Å². The highest BCUT2D eigenvalue weighted by Crippen LogP contribution is 2.21. The third kappa shape index (κ3) is 4.62. The van der Waals surface area contributed by atoms with Crippen LogP contribution >= 0.6 is 11.6 Å². The van der Waals surface area contributed by atoms with E-state index in [-0.39, 0.29) is 24.0 Å². The van der Waals surface area contributed by atoms with Crippen LogP contribution in [0.15, 0.2) is 18.5 Å². The van der Waals surface area contributed by atoms with Crippen LogP contribution in [0.2, 0.25) is 5.02 Å². The summed E-state index contributed by atoms with van der Waals surface area (Å²) in [6.07, 6.45) is 4.08. The zero-order valence-corrected chi connectivity index (χ0v) is 17.0. The molecule has 3 heterocycles. The van der Waals surface area contributed by atoms with E-state index in [0.717, 1.165) is 5.69 Å². The monoisotopic (exact) mass is 420 g/mol. The van der Waals surface area contributed by atoms with Crippen molar-refractivity contribution in [3.63, 3.8) is 0 Å². The van der Waals surface area contributed by atoms with Crippen molar-refractivity contribution in [2.45, 2.75) is 40.4 Å². The maximum Gasteiger partial charge on any atom is 0.312 e. The number of carbonyl (C=O) groups excluding carboxylic acids is 1. The number of hydrogen-bond acceptors (Lipinski definition) is 6. The van der Waals surface area contributed by atoms with Crippen molar-refractivity contribution < 1.29 is 9.72 Å². The zero-order chi connectivity index (χ0) is 21.1. The van der Waals surface area contributed by atoms with Gasteiger partial charge in [-0.3, -0.25) is 24.3 Å². The number of amides is 1. The van der Waals surface area contributed by atoms with Crippen LogP contribution in [-0.2, 0) is 13.2 Å². The molecule has 1 amide bonds. The number of rotatable bonds is 8. The Balaban J connectivity index is 1.53. The summed E-state index contributed by atoms with van der Waals surface area (Å²) >= 11 is 5.96. The lowest BCUT2D eigenvalue weighted by atomic mass is 10.3. The van der Waals surface area contributed by atoms with Crippen molar-refractivity contribution in [2.75, 3.05) is 6.54 Å². The second-order valence-electron chi connectivity index (χ2n) is 6.59. The quantitative estimate of drug-likeness (QED) is 0.338. The highest BCUT2D eigenvalue weighted by Gasteiger charge is 2.22. The van der Waals surface area contributed by atoms with Gasteiger partial charge in [0.2, 0.25) is 0 Å². The van der Waals surface area contributed by atoms with Crippen molar-refractivity contribution in [1.82, 2.24) is 34.7 Å². The van der Waals surface area contributed by atoms with Gasteiger partial charge in [0.25, 0.3) is 5.91 Å². The normalized spacial score (nSPS) is 11.0. The predicted molar refractivity (Wildman–Crippen MR) is 105 cm³/mol. The van der Waals surface area contributed by atoms with Crippen LogP contribution in [0.25, 0.3) is 0 Å². The van der Waals surface area contributed by atoms with Crippen molar-refractivity contribution in [3.8, 4) is 0 Å². The van der Waals surface area contributed by atoms with E-state index in [0.29, 0.717) is 35.9 Å². The van der Waals surface area contributed by atoms with E-state index in [9.17, 15) is 14.9 Å². The van der Waals surface area contributed by atoms with Gasteiger partial charge in [-0.15, -0.1) is 0 Å². The van der Waals surface area contributed by atoms with E-state index in [4.69, 9.17) is 11.6 Å². The Morgan fingerprint density at radius 2 is 1.97 bits per heavy atom. The molecule has 0 radical (unpaired) electrons. The number of nitro groups is 1. The molecule has 0 saturated carbocycles. The molecule has 0 bridgehead atoms. The van der Waals surface area contributed by atoms with Crippen molar-refractivity contribution >= 4 is 23.2 Å². The first-order chi connectivity index (χ1) is 13.8. The molecule has 12 heteroatoms. The van der Waals surface area contributed by atoms with Gasteiger partial charge in [0.15, 0.2) is 0 Å². The van der Waals surface area contributed by atoms with Gasteiger partial charge in [0.05, 0.1) is 15.6 Å². The molecule has 1 N–H and O–H groups in total. The number of nitrogens with zero attached hydrogens (tertiary/aromatic N) is 7. The SMILES string of the molecule is Cc1nn(CCCNC(=O)c2ccn(Cn3nc(C)c([N+](=O)[O-])c3C)n2)cc1Cl. The number of hydrogen-bond donors (Lipinski definition) is 1. The molecule has 0 spiro atoms. The summed E-state index contributed by atoms with van der Waals surface area (Å²) in [6.45, 7) is 6.32. The third-order valence-electron chi connectivity index (χ3n) is 4.41. The molecule has 0 fully saturated rings. The van der Waals surface area contributed by atoms with Gasteiger partial charge in [0, 0.05) is 25.5 Å². The Morgan fingerprint density at radius 3 is 2.59 bits per heavy atom. The molecule has 3 aromatic heterocycles. The minimum Gasteiger partial charge on any atom is -0.351 e. The van der Waals surface area contributed by atoms with Crippen molar-refractivity contribution in [1.29, 1.82) is 0 Å². The van der Waals surface area contributed by atoms with Crippen LogP contribution in [-0.4, -0.2) is 46.7 Å². The number of aryl methyl sites for hydroxylation is 3. The molecule has 0 aliphatic heterocycles. The largest absolute Gasteiger partial charge is 0.351 e. The molecule has 29 heavy (non-hydrogen) atoms. The summed E-state index contributed by atoms with van der Waals surface area (Å²) in [5.74, 6) is -0.294. The highest BCUT2D eigenvalue weighted by atomic mass is 35.5. The summed E-state index contributed by atoms with van der Waals surface area (Å²) in [7, 11) is 0. The Hall–Kier alpha value is -3.21. The van der Waals surface area contributed by atoms with Gasteiger partial charge in [-0.05, 0) is 33.3 Å². The number of aromatic nitrogens is 6. The Morgan fingerprint density at radius 1 is 1.21 bits per heavy atom. The third-order valence-corrected chi connectivity index (χ3v) is 4.79. The standard InChI is InChI=1S/C17H21ClN8O3/c1-11-14(18)9-23(20-11)7-4-6-19-17(27)15-5-8-24(22-15)10-25-13(3)16(26(28)29)12(2)21-25/h5,8-9H,4,6-7,10H2,1-3H3,(H,19,27). The van der Waals surface area contributed by atoms with Crippen molar-refractivity contribution in [3.05, 3.63) is 56.4 Å². The molecule has 11 nitrogen and oxygen atoms in total. The molecular weight excluding hydrogens is 400 g/mol. The smallest absolute Gasteiger partial charge is 0.312 e. The maximum atomic E-state index is 12.3. The van der Waals surface area contributed by atoms with Crippen LogP contribution in [0, 0.1) is 30.9 Å². The van der Waals surface area contributed by atoms with Gasteiger partial charge in [-0.1, -0.05) is 11.6 Å². The van der Waals surface area contributed by atoms with Gasteiger partial charge in [-0.25, -0.2) is 4.68 Å².